The highest BCUT2D eigenvalue weighted by molar-refractivity contribution is 6.37. The Labute approximate surface area is 171 Å². The van der Waals surface area contributed by atoms with Crippen molar-refractivity contribution in [1.29, 1.82) is 0 Å². The van der Waals surface area contributed by atoms with Crippen molar-refractivity contribution < 1.29 is 0 Å². The highest BCUT2D eigenvalue weighted by Gasteiger charge is 2.20. The third-order valence-corrected chi connectivity index (χ3v) is 6.67. The average molecular weight is 378 g/mol. The molecule has 0 radical (unpaired) electrons. The second-order valence-electron chi connectivity index (χ2n) is 8.23. The fraction of sp³-hybridized carbons (Fsp3) is 0. The van der Waals surface area contributed by atoms with Gasteiger partial charge in [-0.25, -0.2) is 9.97 Å². The predicted octanol–water partition coefficient (Wildman–Crippen LogP) is 7.42. The number of aromatic nitrogens is 2. The molecule has 0 bridgehead atoms. The summed E-state index contributed by atoms with van der Waals surface area (Å²) in [6, 6.07) is 30.4. The van der Waals surface area contributed by atoms with E-state index in [1.807, 2.05) is 0 Å². The summed E-state index contributed by atoms with van der Waals surface area (Å²) in [7, 11) is 0. The minimum absolute atomic E-state index is 1.05. The maximum absolute atomic E-state index is 5.21. The van der Waals surface area contributed by atoms with E-state index in [0.29, 0.717) is 0 Å². The van der Waals surface area contributed by atoms with Gasteiger partial charge in [0.1, 0.15) is 0 Å². The van der Waals surface area contributed by atoms with Gasteiger partial charge in [-0.3, -0.25) is 0 Å². The van der Waals surface area contributed by atoms with Gasteiger partial charge < -0.3 is 0 Å². The van der Waals surface area contributed by atoms with E-state index in [1.54, 1.807) is 0 Å². The smallest absolute Gasteiger partial charge is 0.0800 e. The molecule has 8 rings (SSSR count). The van der Waals surface area contributed by atoms with Gasteiger partial charge in [0, 0.05) is 32.3 Å². The van der Waals surface area contributed by atoms with Crippen LogP contribution < -0.4 is 0 Å². The summed E-state index contributed by atoms with van der Waals surface area (Å²) >= 11 is 0. The molecule has 0 aliphatic rings. The van der Waals surface area contributed by atoms with Crippen molar-refractivity contribution >= 4 is 75.9 Å². The van der Waals surface area contributed by atoms with Gasteiger partial charge in [-0.1, -0.05) is 60.7 Å². The minimum Gasteiger partial charge on any atom is -0.247 e. The molecule has 0 N–H and O–H groups in total. The fourth-order valence-corrected chi connectivity index (χ4v) is 5.41. The van der Waals surface area contributed by atoms with Crippen molar-refractivity contribution in [1.82, 2.24) is 9.97 Å². The molecule has 0 atom stereocenters. The Kier molecular flexibility index (Phi) is 2.44. The van der Waals surface area contributed by atoms with Crippen LogP contribution in [0.4, 0.5) is 0 Å². The maximum Gasteiger partial charge on any atom is 0.0800 e. The van der Waals surface area contributed by atoms with E-state index in [-0.39, 0.29) is 0 Å². The molecule has 2 heteroatoms. The molecule has 0 saturated carbocycles. The van der Waals surface area contributed by atoms with Crippen LogP contribution in [0, 0.1) is 0 Å². The SMILES string of the molecule is c1ccc2c(c1)cc1ccc3nc4c5ccccc5cc5ccc6nc2c1c3c6c54. The van der Waals surface area contributed by atoms with Gasteiger partial charge in [-0.2, -0.15) is 0 Å². The van der Waals surface area contributed by atoms with E-state index in [4.69, 9.17) is 9.97 Å². The molecular formula is C28H14N2. The summed E-state index contributed by atoms with van der Waals surface area (Å²) in [4.78, 5) is 10.4. The lowest BCUT2D eigenvalue weighted by Crippen LogP contribution is -1.95. The second kappa shape index (κ2) is 4.92. The van der Waals surface area contributed by atoms with E-state index in [1.165, 1.54) is 53.9 Å². The van der Waals surface area contributed by atoms with Crippen molar-refractivity contribution in [2.75, 3.05) is 0 Å². The molecule has 2 heterocycles. The Morgan fingerprint density at radius 3 is 1.37 bits per heavy atom. The summed E-state index contributed by atoms with van der Waals surface area (Å²) < 4.78 is 0. The molecule has 0 unspecified atom stereocenters. The number of rotatable bonds is 0. The molecule has 2 nitrogen and oxygen atoms in total. The van der Waals surface area contributed by atoms with Crippen LogP contribution in [0.1, 0.15) is 0 Å². The summed E-state index contributed by atoms with van der Waals surface area (Å²) in [6.45, 7) is 0. The molecule has 6 aromatic carbocycles. The summed E-state index contributed by atoms with van der Waals surface area (Å²) in [5.41, 5.74) is 4.25. The highest BCUT2D eigenvalue weighted by atomic mass is 14.7. The molecule has 0 aliphatic carbocycles. The fourth-order valence-electron chi connectivity index (χ4n) is 5.41. The van der Waals surface area contributed by atoms with Gasteiger partial charge in [-0.15, -0.1) is 0 Å². The molecule has 2 aromatic heterocycles. The van der Waals surface area contributed by atoms with Crippen molar-refractivity contribution in [3.8, 4) is 0 Å². The number of hydrogen-bond acceptors (Lipinski definition) is 2. The Morgan fingerprint density at radius 2 is 0.867 bits per heavy atom. The predicted molar refractivity (Wildman–Crippen MR) is 127 cm³/mol. The van der Waals surface area contributed by atoms with E-state index in [9.17, 15) is 0 Å². The van der Waals surface area contributed by atoms with E-state index < -0.39 is 0 Å². The Morgan fingerprint density at radius 1 is 0.400 bits per heavy atom. The van der Waals surface area contributed by atoms with Crippen molar-refractivity contribution in [3.63, 3.8) is 0 Å². The first-order valence-corrected chi connectivity index (χ1v) is 10.3. The maximum atomic E-state index is 5.21. The van der Waals surface area contributed by atoms with Gasteiger partial charge in [0.2, 0.25) is 0 Å². The monoisotopic (exact) mass is 378 g/mol. The lowest BCUT2D eigenvalue weighted by molar-refractivity contribution is 1.50. The number of hydrogen-bond donors (Lipinski definition) is 0. The second-order valence-corrected chi connectivity index (χ2v) is 8.23. The van der Waals surface area contributed by atoms with Crippen LogP contribution in [0.3, 0.4) is 0 Å². The van der Waals surface area contributed by atoms with E-state index in [2.05, 4.69) is 84.9 Å². The van der Waals surface area contributed by atoms with Crippen LogP contribution in [0.5, 0.6) is 0 Å². The molecular weight excluding hydrogens is 364 g/mol. The molecule has 0 aliphatic heterocycles. The van der Waals surface area contributed by atoms with E-state index >= 15 is 0 Å². The number of nitrogens with zero attached hydrogens (tertiary/aromatic N) is 2. The summed E-state index contributed by atoms with van der Waals surface area (Å²) in [6.07, 6.45) is 0. The zero-order chi connectivity index (χ0) is 19.4. The number of pyridine rings is 2. The van der Waals surface area contributed by atoms with Crippen molar-refractivity contribution in [2.45, 2.75) is 0 Å². The standard InChI is InChI=1S/C28H14N2/c1-3-7-19-15(5-1)13-17-9-11-22-25-23(17)27(19)29-21-12-10-18-14-16-6-2-4-8-20(16)28(30-22)24(18)26(21)25/h1-14H. The minimum atomic E-state index is 1.05. The molecule has 0 spiro atoms. The van der Waals surface area contributed by atoms with Gasteiger partial charge in [0.05, 0.1) is 22.1 Å². The van der Waals surface area contributed by atoms with Crippen LogP contribution in [0.2, 0.25) is 0 Å². The molecule has 8 aromatic rings. The quantitative estimate of drug-likeness (QED) is 0.203. The van der Waals surface area contributed by atoms with Gasteiger partial charge in [0.25, 0.3) is 0 Å². The largest absolute Gasteiger partial charge is 0.247 e. The Hall–Kier alpha value is -4.04. The van der Waals surface area contributed by atoms with Crippen LogP contribution in [0.25, 0.3) is 75.9 Å². The molecule has 136 valence electrons. The normalized spacial score (nSPS) is 12.7. The average Bonchev–Trinajstić information content (AvgIpc) is 2.80. The highest BCUT2D eigenvalue weighted by Crippen LogP contribution is 2.44. The molecule has 0 amide bonds. The third-order valence-electron chi connectivity index (χ3n) is 6.67. The number of fused-ring (bicyclic) bond motifs is 4. The summed E-state index contributed by atoms with van der Waals surface area (Å²) in [5.74, 6) is 0. The molecule has 0 fully saturated rings. The zero-order valence-electron chi connectivity index (χ0n) is 16.0. The van der Waals surface area contributed by atoms with Crippen LogP contribution in [-0.2, 0) is 0 Å². The summed E-state index contributed by atoms with van der Waals surface area (Å²) in [5, 5.41) is 12.3. The zero-order valence-corrected chi connectivity index (χ0v) is 16.0. The topological polar surface area (TPSA) is 25.8 Å². The first-order valence-electron chi connectivity index (χ1n) is 10.3. The van der Waals surface area contributed by atoms with Gasteiger partial charge >= 0.3 is 0 Å². The molecule has 0 saturated heterocycles. The first kappa shape index (κ1) is 14.9. The van der Waals surface area contributed by atoms with Crippen LogP contribution >= 0.6 is 0 Å². The van der Waals surface area contributed by atoms with Gasteiger partial charge in [-0.05, 0) is 45.8 Å². The van der Waals surface area contributed by atoms with Gasteiger partial charge in [0.15, 0.2) is 0 Å². The third kappa shape index (κ3) is 1.63. The van der Waals surface area contributed by atoms with Crippen LogP contribution in [0.15, 0.2) is 84.9 Å². The lowest BCUT2D eigenvalue weighted by Gasteiger charge is -2.17. The number of benzene rings is 6. The lowest BCUT2D eigenvalue weighted by atomic mass is 9.90. The van der Waals surface area contributed by atoms with Crippen molar-refractivity contribution in [2.24, 2.45) is 0 Å². The van der Waals surface area contributed by atoms with Crippen molar-refractivity contribution in [3.05, 3.63) is 84.9 Å². The first-order chi connectivity index (χ1) is 14.9. The Bertz CT molecular complexity index is 1800. The molecule has 30 heavy (non-hydrogen) atoms. The van der Waals surface area contributed by atoms with Crippen LogP contribution in [-0.4, -0.2) is 9.97 Å². The Balaban J connectivity index is 1.77. The van der Waals surface area contributed by atoms with E-state index in [0.717, 1.165) is 22.1 Å².